The van der Waals surface area contributed by atoms with Crippen molar-refractivity contribution in [2.75, 3.05) is 16.3 Å². The van der Waals surface area contributed by atoms with E-state index in [1.54, 1.807) is 24.3 Å². The summed E-state index contributed by atoms with van der Waals surface area (Å²) in [5, 5.41) is 2.91. The molecule has 2 rings (SSSR count). The minimum absolute atomic E-state index is 0.00122. The Morgan fingerprint density at radius 3 is 2.13 bits per heavy atom. The van der Waals surface area contributed by atoms with Gasteiger partial charge in [0.05, 0.1) is 12.2 Å². The Balaban J connectivity index is 2.03. The third-order valence-electron chi connectivity index (χ3n) is 4.16. The van der Waals surface area contributed by atoms with Crippen molar-refractivity contribution >= 4 is 27.3 Å². The topological polar surface area (TPSA) is 75.3 Å². The van der Waals surface area contributed by atoms with Gasteiger partial charge in [0, 0.05) is 11.4 Å². The van der Waals surface area contributed by atoms with Gasteiger partial charge < -0.3 is 5.32 Å². The van der Waals surface area contributed by atoms with Crippen molar-refractivity contribution < 1.29 is 13.2 Å². The molecule has 1 aliphatic carbocycles. The lowest BCUT2D eigenvalue weighted by atomic mass is 10.1. The fourth-order valence-corrected chi connectivity index (χ4v) is 3.47. The van der Waals surface area contributed by atoms with Gasteiger partial charge in [-0.05, 0) is 49.4 Å². The van der Waals surface area contributed by atoms with Gasteiger partial charge >= 0.3 is 0 Å². The molecule has 0 radical (unpaired) electrons. The summed E-state index contributed by atoms with van der Waals surface area (Å²) < 4.78 is 24.7. The summed E-state index contributed by atoms with van der Waals surface area (Å²) in [5.41, 5.74) is 2.32. The quantitative estimate of drug-likeness (QED) is 0.811. The van der Waals surface area contributed by atoms with Crippen LogP contribution < -0.4 is 10.0 Å². The molecule has 1 amide bonds. The number of allylic oxidation sites excluding steroid dienone is 2. The smallest absolute Gasteiger partial charge is 0.229 e. The Morgan fingerprint density at radius 2 is 1.65 bits per heavy atom. The van der Waals surface area contributed by atoms with Crippen molar-refractivity contribution in [1.82, 2.24) is 0 Å². The van der Waals surface area contributed by atoms with Crippen molar-refractivity contribution in [2.45, 2.75) is 27.7 Å². The highest BCUT2D eigenvalue weighted by atomic mass is 32.2. The SMILES string of the molecule is CC(C)=C[C@@H]1[C@@H](C(=O)Nc2ccc(NS(C)(=O)=O)cc2)C1(C)C. The number of benzene rings is 1. The normalized spacial score (nSPS) is 22.1. The fourth-order valence-electron chi connectivity index (χ4n) is 2.90. The predicted molar refractivity (Wildman–Crippen MR) is 93.7 cm³/mol. The molecule has 0 aliphatic heterocycles. The second-order valence-electron chi connectivity index (χ2n) is 7.01. The van der Waals surface area contributed by atoms with Crippen LogP contribution in [0.2, 0.25) is 0 Å². The zero-order valence-electron chi connectivity index (χ0n) is 14.2. The van der Waals surface area contributed by atoms with Gasteiger partial charge in [-0.1, -0.05) is 25.5 Å². The van der Waals surface area contributed by atoms with E-state index >= 15 is 0 Å². The summed E-state index contributed by atoms with van der Waals surface area (Å²) in [7, 11) is -3.29. The summed E-state index contributed by atoms with van der Waals surface area (Å²) in [5.74, 6) is 0.228. The molecule has 0 heterocycles. The van der Waals surface area contributed by atoms with E-state index in [1.807, 2.05) is 13.8 Å². The molecule has 2 N–H and O–H groups in total. The van der Waals surface area contributed by atoms with E-state index < -0.39 is 10.0 Å². The first-order valence-corrected chi connectivity index (χ1v) is 9.43. The van der Waals surface area contributed by atoms with Crippen LogP contribution in [0.3, 0.4) is 0 Å². The van der Waals surface area contributed by atoms with E-state index in [0.717, 1.165) is 6.26 Å². The van der Waals surface area contributed by atoms with Crippen molar-refractivity contribution in [3.63, 3.8) is 0 Å². The van der Waals surface area contributed by atoms with Gasteiger partial charge in [-0.2, -0.15) is 0 Å². The van der Waals surface area contributed by atoms with Crippen LogP contribution in [0.4, 0.5) is 11.4 Å². The van der Waals surface area contributed by atoms with E-state index in [1.165, 1.54) is 5.57 Å². The Bertz CT molecular complexity index is 730. The van der Waals surface area contributed by atoms with Crippen LogP contribution in [0, 0.1) is 17.3 Å². The van der Waals surface area contributed by atoms with Crippen molar-refractivity contribution in [3.8, 4) is 0 Å². The molecule has 1 saturated carbocycles. The molecule has 6 heteroatoms. The molecular weight excluding hydrogens is 312 g/mol. The molecule has 126 valence electrons. The van der Waals surface area contributed by atoms with Crippen LogP contribution >= 0.6 is 0 Å². The number of carbonyl (C=O) groups is 1. The van der Waals surface area contributed by atoms with E-state index in [-0.39, 0.29) is 23.2 Å². The third kappa shape index (κ3) is 4.34. The average Bonchev–Trinajstić information content (AvgIpc) is 2.90. The van der Waals surface area contributed by atoms with Crippen molar-refractivity contribution in [3.05, 3.63) is 35.9 Å². The number of hydrogen-bond acceptors (Lipinski definition) is 3. The highest BCUT2D eigenvalue weighted by Crippen LogP contribution is 2.59. The Morgan fingerprint density at radius 1 is 1.13 bits per heavy atom. The maximum absolute atomic E-state index is 12.4. The molecule has 0 aromatic heterocycles. The summed E-state index contributed by atoms with van der Waals surface area (Å²) >= 11 is 0. The highest BCUT2D eigenvalue weighted by molar-refractivity contribution is 7.92. The summed E-state index contributed by atoms with van der Waals surface area (Å²) in [4.78, 5) is 12.4. The number of anilines is 2. The van der Waals surface area contributed by atoms with E-state index in [9.17, 15) is 13.2 Å². The van der Waals surface area contributed by atoms with Crippen molar-refractivity contribution in [1.29, 1.82) is 0 Å². The summed E-state index contributed by atoms with van der Waals surface area (Å²) in [6, 6.07) is 6.64. The van der Waals surface area contributed by atoms with Gasteiger partial charge in [0.15, 0.2) is 0 Å². The molecule has 23 heavy (non-hydrogen) atoms. The van der Waals surface area contributed by atoms with Crippen molar-refractivity contribution in [2.24, 2.45) is 17.3 Å². The molecule has 0 bridgehead atoms. The fraction of sp³-hybridized carbons (Fsp3) is 0.471. The Kier molecular flexibility index (Phi) is 4.57. The molecule has 1 aliphatic rings. The first-order valence-electron chi connectivity index (χ1n) is 7.54. The van der Waals surface area contributed by atoms with Gasteiger partial charge in [-0.25, -0.2) is 8.42 Å². The maximum Gasteiger partial charge on any atom is 0.229 e. The van der Waals surface area contributed by atoms with E-state index in [2.05, 4.69) is 30.0 Å². The number of nitrogens with one attached hydrogen (secondary N) is 2. The van der Waals surface area contributed by atoms with Crippen LogP contribution in [-0.2, 0) is 14.8 Å². The first-order chi connectivity index (χ1) is 10.5. The number of sulfonamides is 1. The molecule has 0 spiro atoms. The molecule has 0 unspecified atom stereocenters. The molecule has 1 aromatic rings. The third-order valence-corrected chi connectivity index (χ3v) is 4.77. The second kappa shape index (κ2) is 6.00. The first kappa shape index (κ1) is 17.5. The number of amides is 1. The molecule has 1 fully saturated rings. The largest absolute Gasteiger partial charge is 0.326 e. The van der Waals surface area contributed by atoms with E-state index in [4.69, 9.17) is 0 Å². The lowest BCUT2D eigenvalue weighted by Crippen LogP contribution is -2.17. The van der Waals surface area contributed by atoms with E-state index in [0.29, 0.717) is 11.4 Å². The standard InChI is InChI=1S/C17H24N2O3S/c1-11(2)10-14-15(17(14,3)4)16(20)18-12-6-8-13(9-7-12)19-23(5,21)22/h6-10,14-15,19H,1-5H3,(H,18,20)/t14-,15+/m1/s1. The highest BCUT2D eigenvalue weighted by Gasteiger charge is 2.60. The van der Waals surface area contributed by atoms with Crippen LogP contribution in [0.1, 0.15) is 27.7 Å². The summed E-state index contributed by atoms with van der Waals surface area (Å²) in [6.07, 6.45) is 3.25. The number of rotatable bonds is 5. The molecule has 2 atom stereocenters. The molecule has 1 aromatic carbocycles. The predicted octanol–water partition coefficient (Wildman–Crippen LogP) is 3.24. The lowest BCUT2D eigenvalue weighted by Gasteiger charge is -2.08. The van der Waals surface area contributed by atoms with Crippen LogP contribution in [0.5, 0.6) is 0 Å². The van der Waals surface area contributed by atoms with Gasteiger partial charge in [-0.15, -0.1) is 0 Å². The number of carbonyl (C=O) groups excluding carboxylic acids is 1. The summed E-state index contributed by atoms with van der Waals surface area (Å²) in [6.45, 7) is 8.27. The van der Waals surface area contributed by atoms with Gasteiger partial charge in [0.25, 0.3) is 0 Å². The zero-order chi connectivity index (χ0) is 17.4. The average molecular weight is 336 g/mol. The van der Waals surface area contributed by atoms with Gasteiger partial charge in [0.2, 0.25) is 15.9 Å². The molecule has 0 saturated heterocycles. The van der Waals surface area contributed by atoms with Crippen LogP contribution in [0.15, 0.2) is 35.9 Å². The maximum atomic E-state index is 12.4. The molecular formula is C17H24N2O3S. The number of hydrogen-bond donors (Lipinski definition) is 2. The Labute approximate surface area is 138 Å². The molecule has 5 nitrogen and oxygen atoms in total. The van der Waals surface area contributed by atoms with Gasteiger partial charge in [-0.3, -0.25) is 9.52 Å². The minimum Gasteiger partial charge on any atom is -0.326 e. The van der Waals surface area contributed by atoms with Gasteiger partial charge in [0.1, 0.15) is 0 Å². The van der Waals surface area contributed by atoms with Crippen LogP contribution in [-0.4, -0.2) is 20.6 Å². The Hall–Kier alpha value is -1.82. The second-order valence-corrected chi connectivity index (χ2v) is 8.76. The zero-order valence-corrected chi connectivity index (χ0v) is 15.0. The lowest BCUT2D eigenvalue weighted by molar-refractivity contribution is -0.118. The van der Waals surface area contributed by atoms with Crippen LogP contribution in [0.25, 0.3) is 0 Å². The minimum atomic E-state index is -3.29. The monoisotopic (exact) mass is 336 g/mol.